The number of fused-ring (bicyclic) bond motifs is 1. The number of ether oxygens (including phenoxy) is 3. The number of hydrogen-bond donors (Lipinski definition) is 0. The monoisotopic (exact) mass is 612 g/mol. The van der Waals surface area contributed by atoms with Gasteiger partial charge in [0.1, 0.15) is 0 Å². The van der Waals surface area contributed by atoms with E-state index in [0.717, 1.165) is 45.1 Å². The molecule has 2 heterocycles. The van der Waals surface area contributed by atoms with Gasteiger partial charge in [-0.05, 0) is 64.9 Å². The van der Waals surface area contributed by atoms with Crippen LogP contribution in [-0.4, -0.2) is 46.5 Å². The van der Waals surface area contributed by atoms with Gasteiger partial charge in [0.25, 0.3) is 8.32 Å². The quantitative estimate of drug-likeness (QED) is 0.189. The molecule has 0 aromatic heterocycles. The first-order chi connectivity index (χ1) is 21.3. The summed E-state index contributed by atoms with van der Waals surface area (Å²) < 4.78 is 26.4. The zero-order chi connectivity index (χ0) is 30.6. The van der Waals surface area contributed by atoms with Crippen molar-refractivity contribution in [3.05, 3.63) is 96.6 Å². The van der Waals surface area contributed by atoms with E-state index in [1.54, 1.807) is 0 Å². The smallest absolute Gasteiger partial charge is 0.306 e. The lowest BCUT2D eigenvalue weighted by molar-refractivity contribution is -0.198. The summed E-state index contributed by atoms with van der Waals surface area (Å²) in [6.45, 7) is 8.69. The molecule has 3 aromatic carbocycles. The fraction of sp³-hybridized carbons (Fsp3) is 0.500. The third-order valence-electron chi connectivity index (χ3n) is 10.4. The van der Waals surface area contributed by atoms with Gasteiger partial charge in [-0.15, -0.1) is 0 Å². The molecule has 234 valence electrons. The Kier molecular flexibility index (Phi) is 9.44. The maximum Gasteiger partial charge on any atom is 0.306 e. The Balaban J connectivity index is 1.36. The molecule has 1 aliphatic carbocycles. The first kappa shape index (κ1) is 31.2. The van der Waals surface area contributed by atoms with E-state index in [1.807, 2.05) is 0 Å². The Morgan fingerprint density at radius 1 is 0.886 bits per heavy atom. The van der Waals surface area contributed by atoms with E-state index in [2.05, 4.69) is 112 Å². The molecule has 5 nitrogen and oxygen atoms in total. The van der Waals surface area contributed by atoms with Gasteiger partial charge in [0.2, 0.25) is 0 Å². The summed E-state index contributed by atoms with van der Waals surface area (Å²) in [6.07, 6.45) is 5.97. The number of aryl methyl sites for hydroxylation is 1. The van der Waals surface area contributed by atoms with Crippen LogP contribution in [0.25, 0.3) is 0 Å². The van der Waals surface area contributed by atoms with Gasteiger partial charge in [-0.2, -0.15) is 0 Å². The van der Waals surface area contributed by atoms with Crippen molar-refractivity contribution in [1.82, 2.24) is 0 Å². The van der Waals surface area contributed by atoms with Gasteiger partial charge in [-0.25, -0.2) is 0 Å². The van der Waals surface area contributed by atoms with Gasteiger partial charge in [0, 0.05) is 25.0 Å². The molecule has 2 aliphatic heterocycles. The first-order valence-electron chi connectivity index (χ1n) is 16.5. The number of rotatable bonds is 10. The molecular weight excluding hydrogens is 564 g/mol. The van der Waals surface area contributed by atoms with Crippen LogP contribution in [0.15, 0.2) is 91.0 Å². The maximum absolute atomic E-state index is 12.9. The fourth-order valence-corrected chi connectivity index (χ4v) is 12.8. The topological polar surface area (TPSA) is 54.0 Å². The molecule has 3 aromatic rings. The normalized spacial score (nSPS) is 27.5. The molecule has 3 aliphatic rings. The van der Waals surface area contributed by atoms with Crippen molar-refractivity contribution in [3.63, 3.8) is 0 Å². The van der Waals surface area contributed by atoms with Crippen LogP contribution in [0.3, 0.4) is 0 Å². The molecule has 0 N–H and O–H groups in total. The highest BCUT2D eigenvalue weighted by Gasteiger charge is 2.59. The minimum atomic E-state index is -2.76. The molecule has 6 heteroatoms. The second kappa shape index (κ2) is 13.3. The van der Waals surface area contributed by atoms with Crippen molar-refractivity contribution >= 4 is 24.7 Å². The molecule has 1 saturated carbocycles. The van der Waals surface area contributed by atoms with Crippen LogP contribution < -0.4 is 10.4 Å². The van der Waals surface area contributed by atoms with Crippen LogP contribution >= 0.6 is 0 Å². The zero-order valence-electron chi connectivity index (χ0n) is 26.6. The molecule has 6 rings (SSSR count). The molecule has 1 unspecified atom stereocenters. The highest BCUT2D eigenvalue weighted by atomic mass is 28.4. The lowest BCUT2D eigenvalue weighted by atomic mass is 9.69. The predicted octanol–water partition coefficient (Wildman–Crippen LogP) is 6.68. The van der Waals surface area contributed by atoms with E-state index in [-0.39, 0.29) is 40.7 Å². The SMILES string of the molecule is CC(C)(C)[Si](OC[C@@H]1[C@H]2COC(=O)C[C@@]2(CCc2ccccc2)C[C@H]1OC1CCCCO1)(c1ccccc1)c1ccccc1. The average molecular weight is 613 g/mol. The third-order valence-corrected chi connectivity index (χ3v) is 15.4. The molecule has 5 atom stereocenters. The van der Waals surface area contributed by atoms with E-state index in [0.29, 0.717) is 19.6 Å². The fourth-order valence-electron chi connectivity index (χ4n) is 8.22. The molecule has 2 saturated heterocycles. The van der Waals surface area contributed by atoms with E-state index >= 15 is 0 Å². The van der Waals surface area contributed by atoms with E-state index < -0.39 is 8.32 Å². The van der Waals surface area contributed by atoms with Crippen molar-refractivity contribution < 1.29 is 23.4 Å². The van der Waals surface area contributed by atoms with Gasteiger partial charge in [0.05, 0.1) is 19.1 Å². The van der Waals surface area contributed by atoms with Gasteiger partial charge in [-0.3, -0.25) is 4.79 Å². The zero-order valence-corrected chi connectivity index (χ0v) is 27.6. The Bertz CT molecular complexity index is 1310. The van der Waals surface area contributed by atoms with Gasteiger partial charge in [-0.1, -0.05) is 112 Å². The van der Waals surface area contributed by atoms with Crippen molar-refractivity contribution in [2.45, 2.75) is 83.1 Å². The Morgan fingerprint density at radius 3 is 2.11 bits per heavy atom. The summed E-state index contributed by atoms with van der Waals surface area (Å²) in [7, 11) is -2.76. The standard InChI is InChI=1S/C38H48O5Si/c1-37(2,3)44(30-17-9-5-10-18-30,31-19-11-6-12-20-31)42-27-32-33-28-41-35(39)26-38(33,23-22-29-15-7-4-8-16-29)25-34(32)43-36-21-13-14-24-40-36/h4-12,15-20,32-34,36H,13-14,21-28H2,1-3H3/t32-,33-,34-,36?,38-/m1/s1. The van der Waals surface area contributed by atoms with Crippen molar-refractivity contribution in [1.29, 1.82) is 0 Å². The predicted molar refractivity (Wildman–Crippen MR) is 176 cm³/mol. The number of benzene rings is 3. The number of cyclic esters (lactones) is 1. The number of carbonyl (C=O) groups is 1. The third kappa shape index (κ3) is 6.32. The highest BCUT2D eigenvalue weighted by Crippen LogP contribution is 2.56. The first-order valence-corrected chi connectivity index (χ1v) is 18.4. The average Bonchev–Trinajstić information content (AvgIpc) is 3.33. The molecular formula is C38H48O5Si. The van der Waals surface area contributed by atoms with Crippen molar-refractivity contribution in [2.24, 2.45) is 17.3 Å². The minimum Gasteiger partial charge on any atom is -0.465 e. The molecule has 0 spiro atoms. The summed E-state index contributed by atoms with van der Waals surface area (Å²) in [5.41, 5.74) is 1.11. The Labute approximate surface area is 264 Å². The molecule has 0 radical (unpaired) electrons. The summed E-state index contributed by atoms with van der Waals surface area (Å²) in [4.78, 5) is 12.9. The molecule has 0 bridgehead atoms. The lowest BCUT2D eigenvalue weighted by Gasteiger charge is -2.45. The Hall–Kier alpha value is -2.77. The van der Waals surface area contributed by atoms with Crippen LogP contribution in [0.2, 0.25) is 5.04 Å². The van der Waals surface area contributed by atoms with Crippen LogP contribution in [0.5, 0.6) is 0 Å². The second-order valence-electron chi connectivity index (χ2n) is 14.1. The van der Waals surface area contributed by atoms with E-state index in [4.69, 9.17) is 18.6 Å². The van der Waals surface area contributed by atoms with E-state index in [9.17, 15) is 4.79 Å². The van der Waals surface area contributed by atoms with E-state index in [1.165, 1.54) is 15.9 Å². The number of hydrogen-bond acceptors (Lipinski definition) is 5. The van der Waals surface area contributed by atoms with Gasteiger partial charge >= 0.3 is 5.97 Å². The van der Waals surface area contributed by atoms with Gasteiger partial charge < -0.3 is 18.6 Å². The van der Waals surface area contributed by atoms with Crippen LogP contribution in [-0.2, 0) is 29.9 Å². The van der Waals surface area contributed by atoms with Crippen molar-refractivity contribution in [2.75, 3.05) is 19.8 Å². The maximum atomic E-state index is 12.9. The van der Waals surface area contributed by atoms with Crippen LogP contribution in [0.1, 0.15) is 64.9 Å². The summed E-state index contributed by atoms with van der Waals surface area (Å²) in [6, 6.07) is 32.3. The molecule has 3 fully saturated rings. The summed E-state index contributed by atoms with van der Waals surface area (Å²) in [5, 5.41) is 2.42. The van der Waals surface area contributed by atoms with Crippen LogP contribution in [0.4, 0.5) is 0 Å². The molecule has 44 heavy (non-hydrogen) atoms. The Morgan fingerprint density at radius 2 is 1.52 bits per heavy atom. The minimum absolute atomic E-state index is 0.0633. The number of carbonyl (C=O) groups excluding carboxylic acids is 1. The second-order valence-corrected chi connectivity index (χ2v) is 18.4. The van der Waals surface area contributed by atoms with Crippen LogP contribution in [0, 0.1) is 17.3 Å². The largest absolute Gasteiger partial charge is 0.465 e. The summed E-state index contributed by atoms with van der Waals surface area (Å²) >= 11 is 0. The highest BCUT2D eigenvalue weighted by molar-refractivity contribution is 6.99. The summed E-state index contributed by atoms with van der Waals surface area (Å²) in [5.74, 6) is 0.164. The lowest BCUT2D eigenvalue weighted by Crippen LogP contribution is -2.67. The molecule has 0 amide bonds. The number of esters is 1. The van der Waals surface area contributed by atoms with Gasteiger partial charge in [0.15, 0.2) is 6.29 Å². The van der Waals surface area contributed by atoms with Crippen molar-refractivity contribution in [3.8, 4) is 0 Å².